The van der Waals surface area contributed by atoms with E-state index in [1.54, 1.807) is 6.20 Å². The fraction of sp³-hybridized carbons (Fsp3) is 0.391. The number of halogens is 1. The number of aromatic nitrogens is 3. The van der Waals surface area contributed by atoms with Crippen LogP contribution in [0.2, 0.25) is 0 Å². The van der Waals surface area contributed by atoms with Crippen molar-refractivity contribution in [2.24, 2.45) is 0 Å². The van der Waals surface area contributed by atoms with Crippen LogP contribution in [0.5, 0.6) is 0 Å². The molecule has 0 aliphatic carbocycles. The molecule has 1 unspecified atom stereocenters. The number of aryl methyl sites for hydroxylation is 1. The molecule has 32 heavy (non-hydrogen) atoms. The third kappa shape index (κ3) is 4.34. The molecule has 0 saturated carbocycles. The molecule has 3 aromatic heterocycles. The first-order chi connectivity index (χ1) is 15.4. The summed E-state index contributed by atoms with van der Waals surface area (Å²) in [5.41, 5.74) is 3.70. The minimum Gasteiger partial charge on any atom is -0.365 e. The van der Waals surface area contributed by atoms with E-state index in [1.165, 1.54) is 13.1 Å². The second-order valence-electron chi connectivity index (χ2n) is 8.13. The van der Waals surface area contributed by atoms with Crippen LogP contribution in [0.4, 0.5) is 10.1 Å². The number of carbonyl (C=O) groups is 1. The summed E-state index contributed by atoms with van der Waals surface area (Å²) >= 11 is 0. The van der Waals surface area contributed by atoms with Gasteiger partial charge in [0, 0.05) is 57.1 Å². The summed E-state index contributed by atoms with van der Waals surface area (Å²) in [6, 6.07) is 5.34. The first-order valence-corrected chi connectivity index (χ1v) is 10.8. The second kappa shape index (κ2) is 9.04. The third-order valence-electron chi connectivity index (χ3n) is 5.93. The zero-order valence-electron chi connectivity index (χ0n) is 18.5. The Balaban J connectivity index is 1.45. The molecular weight excluding hydrogens is 411 g/mol. The SMILES string of the molecule is CCc1cc2ncc(CN3CCN(c4cnc(C(=O)NC)c(F)c4)C(C)C3)cc2[nH]c1=O. The topological polar surface area (TPSA) is 94.2 Å². The molecule has 0 spiro atoms. The van der Waals surface area contributed by atoms with Crippen LogP contribution in [0.15, 0.2) is 35.4 Å². The molecule has 4 heterocycles. The maximum atomic E-state index is 14.3. The number of pyridine rings is 3. The summed E-state index contributed by atoms with van der Waals surface area (Å²) in [6.45, 7) is 7.01. The van der Waals surface area contributed by atoms with Crippen LogP contribution in [-0.2, 0) is 13.0 Å². The number of H-pyrrole nitrogens is 1. The van der Waals surface area contributed by atoms with Crippen LogP contribution in [-0.4, -0.2) is 58.5 Å². The number of nitrogens with one attached hydrogen (secondary N) is 2. The lowest BCUT2D eigenvalue weighted by molar-refractivity contribution is 0.0953. The Morgan fingerprint density at radius 3 is 2.75 bits per heavy atom. The van der Waals surface area contributed by atoms with Gasteiger partial charge in [-0.2, -0.15) is 0 Å². The number of aromatic amines is 1. The van der Waals surface area contributed by atoms with Gasteiger partial charge in [-0.1, -0.05) is 6.92 Å². The number of hydrogen-bond donors (Lipinski definition) is 2. The van der Waals surface area contributed by atoms with Crippen LogP contribution < -0.4 is 15.8 Å². The Labute approximate surface area is 185 Å². The van der Waals surface area contributed by atoms with E-state index in [-0.39, 0.29) is 17.3 Å². The summed E-state index contributed by atoms with van der Waals surface area (Å²) in [6.07, 6.45) is 4.08. The van der Waals surface area contributed by atoms with Crippen molar-refractivity contribution >= 4 is 22.6 Å². The highest BCUT2D eigenvalue weighted by atomic mass is 19.1. The number of amides is 1. The van der Waals surface area contributed by atoms with Gasteiger partial charge in [-0.15, -0.1) is 0 Å². The van der Waals surface area contributed by atoms with E-state index in [2.05, 4.69) is 37.0 Å². The van der Waals surface area contributed by atoms with Gasteiger partial charge < -0.3 is 15.2 Å². The van der Waals surface area contributed by atoms with Crippen molar-refractivity contribution in [1.29, 1.82) is 0 Å². The summed E-state index contributed by atoms with van der Waals surface area (Å²) in [4.78, 5) is 39.7. The van der Waals surface area contributed by atoms with Crippen LogP contribution in [0.3, 0.4) is 0 Å². The van der Waals surface area contributed by atoms with Gasteiger partial charge in [0.2, 0.25) is 0 Å². The maximum absolute atomic E-state index is 14.3. The largest absolute Gasteiger partial charge is 0.365 e. The van der Waals surface area contributed by atoms with Gasteiger partial charge in [0.1, 0.15) is 0 Å². The lowest BCUT2D eigenvalue weighted by Crippen LogP contribution is -2.51. The predicted molar refractivity (Wildman–Crippen MR) is 121 cm³/mol. The van der Waals surface area contributed by atoms with Crippen LogP contribution in [0, 0.1) is 5.82 Å². The number of hydrogen-bond acceptors (Lipinski definition) is 6. The molecule has 2 N–H and O–H groups in total. The molecule has 0 aromatic carbocycles. The molecule has 8 nitrogen and oxygen atoms in total. The first-order valence-electron chi connectivity index (χ1n) is 10.8. The lowest BCUT2D eigenvalue weighted by Gasteiger charge is -2.41. The van der Waals surface area contributed by atoms with Gasteiger partial charge in [-0.05, 0) is 31.0 Å². The van der Waals surface area contributed by atoms with Crippen molar-refractivity contribution in [2.45, 2.75) is 32.9 Å². The Morgan fingerprint density at radius 2 is 2.06 bits per heavy atom. The molecular formula is C23H27FN6O2. The van der Waals surface area contributed by atoms with Crippen LogP contribution in [0.25, 0.3) is 11.0 Å². The standard InChI is InChI=1S/C23H27FN6O2/c1-4-16-8-19-20(28-22(16)31)7-15(10-26-19)13-29-5-6-30(14(2)12-29)17-9-18(24)21(27-11-17)23(32)25-3/h7-11,14H,4-6,12-13H2,1-3H3,(H,25,32)(H,28,31). The zero-order chi connectivity index (χ0) is 22.8. The molecule has 1 aliphatic rings. The smallest absolute Gasteiger partial charge is 0.272 e. The molecule has 3 aromatic rings. The normalized spacial score (nSPS) is 17.0. The molecule has 0 radical (unpaired) electrons. The monoisotopic (exact) mass is 438 g/mol. The third-order valence-corrected chi connectivity index (χ3v) is 5.93. The molecule has 1 fully saturated rings. The quantitative estimate of drug-likeness (QED) is 0.634. The zero-order valence-corrected chi connectivity index (χ0v) is 18.5. The Hall–Kier alpha value is -3.33. The molecule has 4 rings (SSSR count). The van der Waals surface area contributed by atoms with E-state index < -0.39 is 11.7 Å². The lowest BCUT2D eigenvalue weighted by atomic mass is 10.1. The molecule has 168 valence electrons. The van der Waals surface area contributed by atoms with Gasteiger partial charge in [0.05, 0.1) is 22.9 Å². The molecule has 1 atom stereocenters. The minimum absolute atomic E-state index is 0.0653. The van der Waals surface area contributed by atoms with Gasteiger partial charge in [0.25, 0.3) is 11.5 Å². The van der Waals surface area contributed by atoms with Crippen LogP contribution in [0.1, 0.15) is 35.5 Å². The highest BCUT2D eigenvalue weighted by Crippen LogP contribution is 2.23. The maximum Gasteiger partial charge on any atom is 0.272 e. The number of fused-ring (bicyclic) bond motifs is 1. The number of anilines is 1. The van der Waals surface area contributed by atoms with Crippen molar-refractivity contribution in [3.8, 4) is 0 Å². The highest BCUT2D eigenvalue weighted by Gasteiger charge is 2.25. The van der Waals surface area contributed by atoms with E-state index in [4.69, 9.17) is 0 Å². The summed E-state index contributed by atoms with van der Waals surface area (Å²) in [5.74, 6) is -1.16. The molecule has 1 saturated heterocycles. The number of rotatable bonds is 5. The average molecular weight is 439 g/mol. The van der Waals surface area contributed by atoms with Gasteiger partial charge in [-0.3, -0.25) is 19.5 Å². The second-order valence-corrected chi connectivity index (χ2v) is 8.13. The van der Waals surface area contributed by atoms with Crippen molar-refractivity contribution in [1.82, 2.24) is 25.2 Å². The van der Waals surface area contributed by atoms with E-state index in [0.717, 1.165) is 35.2 Å². The van der Waals surface area contributed by atoms with Crippen molar-refractivity contribution in [2.75, 3.05) is 31.6 Å². The Kier molecular flexibility index (Phi) is 6.18. The Morgan fingerprint density at radius 1 is 1.25 bits per heavy atom. The van der Waals surface area contributed by atoms with Crippen molar-refractivity contribution < 1.29 is 9.18 Å². The average Bonchev–Trinajstić information content (AvgIpc) is 2.78. The van der Waals surface area contributed by atoms with Crippen molar-refractivity contribution in [3.05, 3.63) is 63.6 Å². The van der Waals surface area contributed by atoms with E-state index in [9.17, 15) is 14.0 Å². The summed E-state index contributed by atoms with van der Waals surface area (Å²) in [7, 11) is 1.45. The van der Waals surface area contributed by atoms with Crippen LogP contribution >= 0.6 is 0 Å². The van der Waals surface area contributed by atoms with Gasteiger partial charge in [-0.25, -0.2) is 9.37 Å². The number of piperazine rings is 1. The number of nitrogens with zero attached hydrogens (tertiary/aromatic N) is 4. The van der Waals surface area contributed by atoms with E-state index in [1.807, 2.05) is 25.3 Å². The van der Waals surface area contributed by atoms with Gasteiger partial charge >= 0.3 is 0 Å². The fourth-order valence-corrected chi connectivity index (χ4v) is 4.20. The first kappa shape index (κ1) is 21.9. The highest BCUT2D eigenvalue weighted by molar-refractivity contribution is 5.92. The molecule has 0 bridgehead atoms. The molecule has 1 aliphatic heterocycles. The van der Waals surface area contributed by atoms with Crippen molar-refractivity contribution in [3.63, 3.8) is 0 Å². The number of carbonyl (C=O) groups excluding carboxylic acids is 1. The fourth-order valence-electron chi connectivity index (χ4n) is 4.20. The summed E-state index contributed by atoms with van der Waals surface area (Å²) in [5, 5.41) is 2.39. The van der Waals surface area contributed by atoms with E-state index >= 15 is 0 Å². The Bertz CT molecular complexity index is 1210. The minimum atomic E-state index is -0.626. The predicted octanol–water partition coefficient (Wildman–Crippen LogP) is 2.09. The van der Waals surface area contributed by atoms with Gasteiger partial charge in [0.15, 0.2) is 11.5 Å². The molecule has 1 amide bonds. The summed E-state index contributed by atoms with van der Waals surface area (Å²) < 4.78 is 14.3. The van der Waals surface area contributed by atoms with E-state index in [0.29, 0.717) is 25.2 Å². The molecule has 9 heteroatoms.